The lowest BCUT2D eigenvalue weighted by Crippen LogP contribution is -2.23. The molecule has 0 N–H and O–H groups in total. The lowest BCUT2D eigenvalue weighted by Gasteiger charge is -2.24. The van der Waals surface area contributed by atoms with Crippen LogP contribution in [-0.2, 0) is 9.84 Å². The molecule has 0 aromatic heterocycles. The standard InChI is InChI=1S/C13H23NO2S/c1-2-10-17(15,16)11-9-13(12-14)7-5-3-4-6-8-13/h2-11H2,1H3. The molecular weight excluding hydrogens is 234 g/mol. The Kier molecular flexibility index (Phi) is 5.45. The van der Waals surface area contributed by atoms with E-state index in [0.29, 0.717) is 12.8 Å². The summed E-state index contributed by atoms with van der Waals surface area (Å²) in [5.74, 6) is 0.447. The third kappa shape index (κ3) is 4.67. The predicted octanol–water partition coefficient (Wildman–Crippen LogP) is 3.07. The normalized spacial score (nSPS) is 20.5. The van der Waals surface area contributed by atoms with Crippen molar-refractivity contribution in [2.45, 2.75) is 58.3 Å². The quantitative estimate of drug-likeness (QED) is 0.711. The predicted molar refractivity (Wildman–Crippen MR) is 69.3 cm³/mol. The van der Waals surface area contributed by atoms with Gasteiger partial charge in [-0.2, -0.15) is 5.26 Å². The number of rotatable bonds is 5. The SMILES string of the molecule is CCCS(=O)(=O)CCC1(C#N)CCCCCC1. The maximum absolute atomic E-state index is 11.7. The third-order valence-corrected chi connectivity index (χ3v) is 5.56. The van der Waals surface area contributed by atoms with E-state index in [1.807, 2.05) is 6.92 Å². The van der Waals surface area contributed by atoms with E-state index in [1.54, 1.807) is 0 Å². The van der Waals surface area contributed by atoms with E-state index in [2.05, 4.69) is 6.07 Å². The summed E-state index contributed by atoms with van der Waals surface area (Å²) in [7, 11) is -2.94. The van der Waals surface area contributed by atoms with Crippen LogP contribution in [0.5, 0.6) is 0 Å². The summed E-state index contributed by atoms with van der Waals surface area (Å²) < 4.78 is 23.4. The molecule has 0 radical (unpaired) electrons. The van der Waals surface area contributed by atoms with Gasteiger partial charge in [0.05, 0.1) is 17.2 Å². The monoisotopic (exact) mass is 257 g/mol. The van der Waals surface area contributed by atoms with Crippen molar-refractivity contribution in [1.29, 1.82) is 5.26 Å². The number of nitriles is 1. The van der Waals surface area contributed by atoms with Gasteiger partial charge >= 0.3 is 0 Å². The Morgan fingerprint density at radius 1 is 1.12 bits per heavy atom. The highest BCUT2D eigenvalue weighted by molar-refractivity contribution is 7.91. The molecule has 1 aliphatic carbocycles. The highest BCUT2D eigenvalue weighted by Gasteiger charge is 2.32. The molecule has 0 spiro atoms. The summed E-state index contributed by atoms with van der Waals surface area (Å²) in [6.45, 7) is 1.88. The molecule has 0 bridgehead atoms. The molecule has 0 aromatic rings. The summed E-state index contributed by atoms with van der Waals surface area (Å²) in [5.41, 5.74) is -0.364. The Hall–Kier alpha value is -0.560. The van der Waals surface area contributed by atoms with Gasteiger partial charge in [-0.1, -0.05) is 32.6 Å². The van der Waals surface area contributed by atoms with Crippen LogP contribution in [0.25, 0.3) is 0 Å². The second-order valence-corrected chi connectivity index (χ2v) is 7.51. The van der Waals surface area contributed by atoms with Crippen molar-refractivity contribution in [3.63, 3.8) is 0 Å². The first-order valence-corrected chi connectivity index (χ1v) is 8.47. The molecule has 0 amide bonds. The summed E-state index contributed by atoms with van der Waals surface area (Å²) in [6.07, 6.45) is 7.48. The van der Waals surface area contributed by atoms with Crippen LogP contribution < -0.4 is 0 Å². The van der Waals surface area contributed by atoms with Crippen LogP contribution >= 0.6 is 0 Å². The lowest BCUT2D eigenvalue weighted by atomic mass is 9.79. The van der Waals surface area contributed by atoms with Crippen molar-refractivity contribution in [2.24, 2.45) is 5.41 Å². The Labute approximate surface area is 105 Å². The highest BCUT2D eigenvalue weighted by atomic mass is 32.2. The molecule has 0 unspecified atom stereocenters. The largest absolute Gasteiger partial charge is 0.229 e. The first kappa shape index (κ1) is 14.5. The zero-order valence-electron chi connectivity index (χ0n) is 10.7. The number of sulfone groups is 1. The first-order chi connectivity index (χ1) is 8.04. The van der Waals surface area contributed by atoms with Gasteiger partial charge in [0.1, 0.15) is 9.84 Å². The molecule has 0 saturated heterocycles. The molecule has 17 heavy (non-hydrogen) atoms. The van der Waals surface area contributed by atoms with Crippen molar-refractivity contribution < 1.29 is 8.42 Å². The van der Waals surface area contributed by atoms with Gasteiger partial charge in [0.2, 0.25) is 0 Å². The van der Waals surface area contributed by atoms with E-state index >= 15 is 0 Å². The first-order valence-electron chi connectivity index (χ1n) is 6.65. The molecule has 3 nitrogen and oxygen atoms in total. The molecular formula is C13H23NO2S. The van der Waals surface area contributed by atoms with Crippen molar-refractivity contribution in [1.82, 2.24) is 0 Å². The number of hydrogen-bond donors (Lipinski definition) is 0. The number of hydrogen-bond acceptors (Lipinski definition) is 3. The molecule has 0 heterocycles. The summed E-state index contributed by atoms with van der Waals surface area (Å²) in [6, 6.07) is 2.41. The van der Waals surface area contributed by atoms with E-state index in [1.165, 1.54) is 12.8 Å². The van der Waals surface area contributed by atoms with E-state index in [0.717, 1.165) is 25.7 Å². The van der Waals surface area contributed by atoms with Gasteiger partial charge in [0.25, 0.3) is 0 Å². The van der Waals surface area contributed by atoms with E-state index in [-0.39, 0.29) is 16.9 Å². The van der Waals surface area contributed by atoms with Gasteiger partial charge < -0.3 is 0 Å². The van der Waals surface area contributed by atoms with Crippen LogP contribution in [0.1, 0.15) is 58.3 Å². The fraction of sp³-hybridized carbons (Fsp3) is 0.923. The molecule has 0 aliphatic heterocycles. The molecule has 1 aliphatic rings. The topological polar surface area (TPSA) is 57.9 Å². The van der Waals surface area contributed by atoms with Crippen LogP contribution in [0.15, 0.2) is 0 Å². The molecule has 0 atom stereocenters. The van der Waals surface area contributed by atoms with Crippen molar-refractivity contribution in [2.75, 3.05) is 11.5 Å². The van der Waals surface area contributed by atoms with Crippen LogP contribution in [-0.4, -0.2) is 19.9 Å². The van der Waals surface area contributed by atoms with Gasteiger partial charge in [0, 0.05) is 5.75 Å². The Morgan fingerprint density at radius 2 is 1.71 bits per heavy atom. The van der Waals surface area contributed by atoms with Crippen LogP contribution in [0.2, 0.25) is 0 Å². The van der Waals surface area contributed by atoms with Crippen molar-refractivity contribution in [3.05, 3.63) is 0 Å². The minimum Gasteiger partial charge on any atom is -0.229 e. The third-order valence-electron chi connectivity index (χ3n) is 3.70. The lowest BCUT2D eigenvalue weighted by molar-refractivity contribution is 0.329. The van der Waals surface area contributed by atoms with E-state index in [4.69, 9.17) is 0 Å². The molecule has 1 fully saturated rings. The zero-order valence-corrected chi connectivity index (χ0v) is 11.6. The fourth-order valence-electron chi connectivity index (χ4n) is 2.59. The summed E-state index contributed by atoms with van der Waals surface area (Å²) in [5, 5.41) is 9.35. The Balaban J connectivity index is 2.60. The average Bonchev–Trinajstić information content (AvgIpc) is 2.53. The van der Waals surface area contributed by atoms with Crippen LogP contribution in [0.4, 0.5) is 0 Å². The molecule has 0 aromatic carbocycles. The molecule has 1 rings (SSSR count). The van der Waals surface area contributed by atoms with Crippen LogP contribution in [0.3, 0.4) is 0 Å². The maximum atomic E-state index is 11.7. The minimum atomic E-state index is -2.94. The van der Waals surface area contributed by atoms with Gasteiger partial charge in [-0.25, -0.2) is 8.42 Å². The molecule has 98 valence electrons. The second kappa shape index (κ2) is 6.39. The Morgan fingerprint density at radius 3 is 2.18 bits per heavy atom. The van der Waals surface area contributed by atoms with Gasteiger partial charge in [0.15, 0.2) is 0 Å². The number of nitrogens with zero attached hydrogens (tertiary/aromatic N) is 1. The van der Waals surface area contributed by atoms with E-state index < -0.39 is 9.84 Å². The van der Waals surface area contributed by atoms with Gasteiger partial charge in [-0.3, -0.25) is 0 Å². The smallest absolute Gasteiger partial charge is 0.150 e. The van der Waals surface area contributed by atoms with Gasteiger partial charge in [-0.15, -0.1) is 0 Å². The zero-order chi connectivity index (χ0) is 12.8. The summed E-state index contributed by atoms with van der Waals surface area (Å²) >= 11 is 0. The second-order valence-electron chi connectivity index (χ2n) is 5.21. The molecule has 4 heteroatoms. The Bertz CT molecular complexity index is 359. The average molecular weight is 257 g/mol. The maximum Gasteiger partial charge on any atom is 0.150 e. The van der Waals surface area contributed by atoms with E-state index in [9.17, 15) is 13.7 Å². The van der Waals surface area contributed by atoms with Gasteiger partial charge in [-0.05, 0) is 25.7 Å². The molecule has 1 saturated carbocycles. The van der Waals surface area contributed by atoms with Crippen LogP contribution in [0, 0.1) is 16.7 Å². The van der Waals surface area contributed by atoms with Crippen molar-refractivity contribution >= 4 is 9.84 Å². The minimum absolute atomic E-state index is 0.189. The fourth-order valence-corrected chi connectivity index (χ4v) is 4.11. The van der Waals surface area contributed by atoms with Crippen molar-refractivity contribution in [3.8, 4) is 6.07 Å². The highest BCUT2D eigenvalue weighted by Crippen LogP contribution is 2.37. The summed E-state index contributed by atoms with van der Waals surface area (Å²) in [4.78, 5) is 0.